The van der Waals surface area contributed by atoms with E-state index in [1.165, 1.54) is 22.6 Å². The molecule has 14 heavy (non-hydrogen) atoms. The molecular formula is C6H2F3IN2O2. The Balaban J connectivity index is 3.44. The normalized spacial score (nSPS) is 10.6. The standard InChI is InChI=1S/C6H2F3IN2O2/c7-3-1-2(5(8)9)4(12(13)14)6(10)11-3/h1,5H. The van der Waals surface area contributed by atoms with E-state index in [1.807, 2.05) is 0 Å². The smallest absolute Gasteiger partial charge is 0.258 e. The van der Waals surface area contributed by atoms with Gasteiger partial charge >= 0.3 is 5.69 Å². The van der Waals surface area contributed by atoms with Crippen molar-refractivity contribution in [2.45, 2.75) is 6.43 Å². The molecule has 4 nitrogen and oxygen atoms in total. The second-order valence-electron chi connectivity index (χ2n) is 2.23. The largest absolute Gasteiger partial charge is 0.310 e. The van der Waals surface area contributed by atoms with Crippen LogP contribution < -0.4 is 0 Å². The minimum atomic E-state index is -3.10. The van der Waals surface area contributed by atoms with Crippen molar-refractivity contribution in [2.24, 2.45) is 0 Å². The fourth-order valence-corrected chi connectivity index (χ4v) is 1.58. The highest BCUT2D eigenvalue weighted by molar-refractivity contribution is 14.1. The molecule has 0 unspecified atom stereocenters. The van der Waals surface area contributed by atoms with Gasteiger partial charge in [0.2, 0.25) is 5.95 Å². The molecule has 0 radical (unpaired) electrons. The molecule has 0 aliphatic heterocycles. The van der Waals surface area contributed by atoms with Crippen LogP contribution in [0.15, 0.2) is 6.07 Å². The van der Waals surface area contributed by atoms with Crippen molar-refractivity contribution >= 4 is 28.3 Å². The van der Waals surface area contributed by atoms with Crippen LogP contribution >= 0.6 is 22.6 Å². The Hall–Kier alpha value is -0.930. The zero-order valence-electron chi connectivity index (χ0n) is 6.38. The number of pyridine rings is 1. The predicted octanol–water partition coefficient (Wildman–Crippen LogP) is 2.67. The van der Waals surface area contributed by atoms with Crippen LogP contribution in [0.2, 0.25) is 0 Å². The van der Waals surface area contributed by atoms with Crippen molar-refractivity contribution in [3.05, 3.63) is 31.4 Å². The zero-order valence-corrected chi connectivity index (χ0v) is 8.53. The van der Waals surface area contributed by atoms with Gasteiger partial charge in [0.1, 0.15) is 5.56 Å². The SMILES string of the molecule is O=[N+]([O-])c1c(C(F)F)cc(F)nc1I. The van der Waals surface area contributed by atoms with E-state index < -0.39 is 28.5 Å². The number of halogens is 4. The van der Waals surface area contributed by atoms with Crippen LogP contribution in [0.1, 0.15) is 12.0 Å². The third-order valence-corrected chi connectivity index (χ3v) is 2.12. The van der Waals surface area contributed by atoms with Crippen molar-refractivity contribution in [1.82, 2.24) is 4.98 Å². The highest BCUT2D eigenvalue weighted by atomic mass is 127. The molecule has 1 rings (SSSR count). The van der Waals surface area contributed by atoms with Crippen LogP contribution in [-0.4, -0.2) is 9.91 Å². The van der Waals surface area contributed by atoms with Crippen LogP contribution in [0.25, 0.3) is 0 Å². The van der Waals surface area contributed by atoms with Gasteiger partial charge in [0.15, 0.2) is 3.70 Å². The van der Waals surface area contributed by atoms with Gasteiger partial charge in [-0.3, -0.25) is 10.1 Å². The summed E-state index contributed by atoms with van der Waals surface area (Å²) in [5.74, 6) is -1.16. The second kappa shape index (κ2) is 4.07. The Labute approximate surface area is 89.4 Å². The van der Waals surface area contributed by atoms with Crippen LogP contribution in [0.3, 0.4) is 0 Å². The van der Waals surface area contributed by atoms with Crippen molar-refractivity contribution in [3.63, 3.8) is 0 Å². The summed E-state index contributed by atoms with van der Waals surface area (Å²) in [4.78, 5) is 12.4. The first-order valence-corrected chi connectivity index (χ1v) is 4.30. The highest BCUT2D eigenvalue weighted by Crippen LogP contribution is 2.31. The van der Waals surface area contributed by atoms with Gasteiger partial charge in [-0.2, -0.15) is 4.39 Å². The summed E-state index contributed by atoms with van der Waals surface area (Å²) >= 11 is 1.33. The zero-order chi connectivity index (χ0) is 10.9. The fourth-order valence-electron chi connectivity index (χ4n) is 0.842. The van der Waals surface area contributed by atoms with E-state index in [1.54, 1.807) is 0 Å². The lowest BCUT2D eigenvalue weighted by Gasteiger charge is -2.02. The molecule has 0 aromatic carbocycles. The first kappa shape index (κ1) is 11.1. The lowest BCUT2D eigenvalue weighted by atomic mass is 10.2. The van der Waals surface area contributed by atoms with E-state index in [2.05, 4.69) is 4.98 Å². The molecular weight excluding hydrogens is 316 g/mol. The molecule has 8 heteroatoms. The van der Waals surface area contributed by atoms with Crippen LogP contribution in [0.4, 0.5) is 18.9 Å². The monoisotopic (exact) mass is 318 g/mol. The molecule has 0 amide bonds. The van der Waals surface area contributed by atoms with E-state index in [-0.39, 0.29) is 3.70 Å². The first-order valence-electron chi connectivity index (χ1n) is 3.22. The Morgan fingerprint density at radius 3 is 2.57 bits per heavy atom. The van der Waals surface area contributed by atoms with E-state index >= 15 is 0 Å². The van der Waals surface area contributed by atoms with E-state index in [9.17, 15) is 23.3 Å². The number of rotatable bonds is 2. The van der Waals surface area contributed by atoms with E-state index in [0.717, 1.165) is 0 Å². The lowest BCUT2D eigenvalue weighted by Crippen LogP contribution is -2.02. The van der Waals surface area contributed by atoms with Crippen LogP contribution in [-0.2, 0) is 0 Å². The third-order valence-electron chi connectivity index (χ3n) is 1.37. The van der Waals surface area contributed by atoms with Gasteiger partial charge in [0.05, 0.1) is 4.92 Å². The summed E-state index contributed by atoms with van der Waals surface area (Å²) in [5, 5.41) is 10.4. The Kier molecular flexibility index (Phi) is 3.24. The van der Waals surface area contributed by atoms with Crippen molar-refractivity contribution in [1.29, 1.82) is 0 Å². The number of nitro groups is 1. The second-order valence-corrected chi connectivity index (χ2v) is 3.25. The summed E-state index contributed by atoms with van der Waals surface area (Å²) in [6, 6.07) is 0.366. The van der Waals surface area contributed by atoms with Gasteiger partial charge in [-0.25, -0.2) is 13.8 Å². The highest BCUT2D eigenvalue weighted by Gasteiger charge is 2.27. The third kappa shape index (κ3) is 2.11. The number of aromatic nitrogens is 1. The van der Waals surface area contributed by atoms with E-state index in [4.69, 9.17) is 0 Å². The van der Waals surface area contributed by atoms with Gasteiger partial charge in [-0.05, 0) is 22.6 Å². The van der Waals surface area contributed by atoms with Crippen molar-refractivity contribution in [2.75, 3.05) is 0 Å². The molecule has 0 saturated heterocycles. The molecule has 0 fully saturated rings. The predicted molar refractivity (Wildman–Crippen MR) is 48.5 cm³/mol. The summed E-state index contributed by atoms with van der Waals surface area (Å²) in [5.41, 5.74) is -1.80. The summed E-state index contributed by atoms with van der Waals surface area (Å²) in [6.07, 6.45) is -3.10. The lowest BCUT2D eigenvalue weighted by molar-refractivity contribution is -0.387. The Morgan fingerprint density at radius 2 is 2.14 bits per heavy atom. The average Bonchev–Trinajstić information content (AvgIpc) is 2.01. The van der Waals surface area contributed by atoms with Crippen LogP contribution in [0, 0.1) is 19.8 Å². The number of nitrogens with zero attached hydrogens (tertiary/aromatic N) is 2. The van der Waals surface area contributed by atoms with Gasteiger partial charge in [0.25, 0.3) is 6.43 Å². The molecule has 0 spiro atoms. The van der Waals surface area contributed by atoms with Gasteiger partial charge in [-0.15, -0.1) is 0 Å². The summed E-state index contributed by atoms with van der Waals surface area (Å²) in [6.45, 7) is 0. The first-order chi connectivity index (χ1) is 6.43. The van der Waals surface area contributed by atoms with Crippen LogP contribution in [0.5, 0.6) is 0 Å². The molecule has 0 bridgehead atoms. The topological polar surface area (TPSA) is 56.0 Å². The van der Waals surface area contributed by atoms with Gasteiger partial charge in [0, 0.05) is 6.07 Å². The van der Waals surface area contributed by atoms with Gasteiger partial charge in [-0.1, -0.05) is 0 Å². The maximum Gasteiger partial charge on any atom is 0.310 e. The Morgan fingerprint density at radius 1 is 1.57 bits per heavy atom. The average molecular weight is 318 g/mol. The molecule has 0 atom stereocenters. The number of alkyl halides is 2. The maximum absolute atomic E-state index is 12.6. The fraction of sp³-hybridized carbons (Fsp3) is 0.167. The number of hydrogen-bond donors (Lipinski definition) is 0. The minimum absolute atomic E-state index is 0.366. The molecule has 0 aliphatic carbocycles. The molecule has 0 aliphatic rings. The maximum atomic E-state index is 12.6. The van der Waals surface area contributed by atoms with E-state index in [0.29, 0.717) is 6.07 Å². The van der Waals surface area contributed by atoms with Crippen molar-refractivity contribution < 1.29 is 18.1 Å². The summed E-state index contributed by atoms with van der Waals surface area (Å²) < 4.78 is 36.7. The molecule has 1 heterocycles. The Bertz CT molecular complexity index is 386. The molecule has 0 N–H and O–H groups in total. The molecule has 1 aromatic heterocycles. The molecule has 76 valence electrons. The quantitative estimate of drug-likeness (QED) is 0.365. The summed E-state index contributed by atoms with van der Waals surface area (Å²) in [7, 11) is 0. The molecule has 0 saturated carbocycles. The van der Waals surface area contributed by atoms with Crippen molar-refractivity contribution in [3.8, 4) is 0 Å². The number of hydrogen-bond acceptors (Lipinski definition) is 3. The van der Waals surface area contributed by atoms with Gasteiger partial charge < -0.3 is 0 Å². The molecule has 1 aromatic rings. The minimum Gasteiger partial charge on any atom is -0.258 e.